The van der Waals surface area contributed by atoms with E-state index in [9.17, 15) is 14.7 Å². The summed E-state index contributed by atoms with van der Waals surface area (Å²) in [6.45, 7) is 5.38. The van der Waals surface area contributed by atoms with Crippen molar-refractivity contribution >= 4 is 11.9 Å². The zero-order chi connectivity index (χ0) is 23.0. The SMILES string of the molecule is C=C(CC(=O)O)C(=O)O.COC1=C[C@]23CCCN2CCc2cc4c(cc2[C@@H]3[C@@H]1O)OCO4. The maximum absolute atomic E-state index is 11.0. The van der Waals surface area contributed by atoms with E-state index < -0.39 is 24.5 Å². The van der Waals surface area contributed by atoms with Crippen LogP contribution in [0.15, 0.2) is 36.1 Å². The monoisotopic (exact) mass is 445 g/mol. The van der Waals surface area contributed by atoms with E-state index >= 15 is 0 Å². The van der Waals surface area contributed by atoms with Gasteiger partial charge >= 0.3 is 11.9 Å². The fourth-order valence-corrected chi connectivity index (χ4v) is 5.25. The Morgan fingerprint density at radius 2 is 1.97 bits per heavy atom. The van der Waals surface area contributed by atoms with Gasteiger partial charge in [0, 0.05) is 18.0 Å². The Morgan fingerprint density at radius 1 is 1.25 bits per heavy atom. The minimum absolute atomic E-state index is 0.00644. The van der Waals surface area contributed by atoms with Gasteiger partial charge in [-0.25, -0.2) is 4.79 Å². The molecule has 0 aromatic heterocycles. The zero-order valence-corrected chi connectivity index (χ0v) is 17.9. The normalized spacial score (nSPS) is 27.1. The van der Waals surface area contributed by atoms with E-state index in [1.165, 1.54) is 11.1 Å². The molecule has 0 amide bonds. The topological polar surface area (TPSA) is 126 Å². The highest BCUT2D eigenvalue weighted by Gasteiger charge is 2.56. The zero-order valence-electron chi connectivity index (χ0n) is 17.9. The van der Waals surface area contributed by atoms with Crippen molar-refractivity contribution in [2.75, 3.05) is 27.0 Å². The number of rotatable bonds is 4. The molecule has 1 aromatic carbocycles. The number of fused-ring (bicyclic) bond motifs is 3. The molecule has 3 N–H and O–H groups in total. The van der Waals surface area contributed by atoms with E-state index in [2.05, 4.69) is 29.7 Å². The lowest BCUT2D eigenvalue weighted by Gasteiger charge is -2.38. The van der Waals surface area contributed by atoms with Gasteiger partial charge in [-0.1, -0.05) is 6.58 Å². The Morgan fingerprint density at radius 3 is 2.59 bits per heavy atom. The first kappa shape index (κ1) is 22.2. The number of carboxylic acid groups (broad SMARTS) is 2. The predicted molar refractivity (Wildman–Crippen MR) is 113 cm³/mol. The first-order chi connectivity index (χ1) is 15.3. The maximum Gasteiger partial charge on any atom is 0.331 e. The van der Waals surface area contributed by atoms with Gasteiger partial charge in [-0.05, 0) is 55.1 Å². The third-order valence-electron chi connectivity index (χ3n) is 6.66. The van der Waals surface area contributed by atoms with E-state index in [4.69, 9.17) is 24.4 Å². The molecular formula is C23H27NO8. The third-order valence-corrected chi connectivity index (χ3v) is 6.66. The lowest BCUT2D eigenvalue weighted by atomic mass is 9.78. The number of aliphatic hydroxyl groups excluding tert-OH is 1. The van der Waals surface area contributed by atoms with Gasteiger partial charge in [0.2, 0.25) is 6.79 Å². The first-order valence-corrected chi connectivity index (χ1v) is 10.5. The van der Waals surface area contributed by atoms with Gasteiger partial charge in [-0.3, -0.25) is 9.69 Å². The molecule has 0 bridgehead atoms. The molecule has 1 aromatic rings. The number of benzene rings is 1. The van der Waals surface area contributed by atoms with E-state index in [1.807, 2.05) is 0 Å². The highest BCUT2D eigenvalue weighted by atomic mass is 16.7. The summed E-state index contributed by atoms with van der Waals surface area (Å²) in [4.78, 5) is 22.2. The summed E-state index contributed by atoms with van der Waals surface area (Å²) in [6, 6.07) is 4.19. The standard InChI is InChI=1S/C18H21NO4.C5H6O4/c1-21-15-9-18-4-2-5-19(18)6-3-11-7-13-14(23-10-22-13)8-12(11)16(18)17(15)20;1-3(5(8)9)2-4(6)7/h7-9,16-17,20H,2-6,10H2,1H3;1-2H2,(H,6,7)(H,8,9)/t16-,17-,18+;/m1./s1. The molecule has 1 fully saturated rings. The van der Waals surface area contributed by atoms with Crippen molar-refractivity contribution in [1.82, 2.24) is 4.90 Å². The molecule has 0 unspecified atom stereocenters. The van der Waals surface area contributed by atoms with Gasteiger partial charge in [0.15, 0.2) is 11.5 Å². The highest BCUT2D eigenvalue weighted by molar-refractivity contribution is 5.91. The molecular weight excluding hydrogens is 418 g/mol. The van der Waals surface area contributed by atoms with Crippen molar-refractivity contribution in [1.29, 1.82) is 0 Å². The molecule has 172 valence electrons. The minimum atomic E-state index is -1.27. The van der Waals surface area contributed by atoms with Gasteiger partial charge in [-0.2, -0.15) is 0 Å². The number of nitrogens with zero attached hydrogens (tertiary/aromatic N) is 1. The van der Waals surface area contributed by atoms with Gasteiger partial charge in [-0.15, -0.1) is 0 Å². The van der Waals surface area contributed by atoms with Crippen LogP contribution in [0, 0.1) is 0 Å². The van der Waals surface area contributed by atoms with Crippen molar-refractivity contribution in [3.05, 3.63) is 47.2 Å². The molecule has 9 nitrogen and oxygen atoms in total. The summed E-state index contributed by atoms with van der Waals surface area (Å²) < 4.78 is 16.6. The van der Waals surface area contributed by atoms with Gasteiger partial charge in [0.25, 0.3) is 0 Å². The quantitative estimate of drug-likeness (QED) is 0.596. The number of carbonyl (C=O) groups is 2. The Bertz CT molecular complexity index is 986. The van der Waals surface area contributed by atoms with Crippen LogP contribution in [-0.4, -0.2) is 70.8 Å². The molecule has 4 aliphatic rings. The van der Waals surface area contributed by atoms with Gasteiger partial charge < -0.3 is 29.5 Å². The summed E-state index contributed by atoms with van der Waals surface area (Å²) in [5, 5.41) is 27.0. The van der Waals surface area contributed by atoms with E-state index in [0.29, 0.717) is 5.76 Å². The second kappa shape index (κ2) is 8.48. The van der Waals surface area contributed by atoms with Crippen LogP contribution in [-0.2, 0) is 20.7 Å². The molecule has 0 radical (unpaired) electrons. The first-order valence-electron chi connectivity index (χ1n) is 10.5. The van der Waals surface area contributed by atoms with E-state index in [1.54, 1.807) is 7.11 Å². The summed E-state index contributed by atoms with van der Waals surface area (Å²) in [5.41, 5.74) is 2.03. The van der Waals surface area contributed by atoms with Crippen LogP contribution >= 0.6 is 0 Å². The average molecular weight is 445 g/mol. The molecule has 1 spiro atoms. The lowest BCUT2D eigenvalue weighted by molar-refractivity contribution is -0.139. The number of hydrogen-bond acceptors (Lipinski definition) is 7. The third kappa shape index (κ3) is 3.71. The number of methoxy groups -OCH3 is 1. The number of ether oxygens (including phenoxy) is 3. The Labute approximate surface area is 185 Å². The molecule has 1 saturated heterocycles. The smallest absolute Gasteiger partial charge is 0.331 e. The number of aliphatic carboxylic acids is 2. The van der Waals surface area contributed by atoms with Crippen LogP contribution in [0.1, 0.15) is 36.3 Å². The van der Waals surface area contributed by atoms with Crippen molar-refractivity contribution in [3.8, 4) is 11.5 Å². The molecule has 3 atom stereocenters. The molecule has 32 heavy (non-hydrogen) atoms. The summed E-state index contributed by atoms with van der Waals surface area (Å²) in [5.74, 6) is -0.116. The highest BCUT2D eigenvalue weighted by Crippen LogP contribution is 2.54. The second-order valence-electron chi connectivity index (χ2n) is 8.39. The van der Waals surface area contributed by atoms with Crippen LogP contribution in [0.4, 0.5) is 0 Å². The van der Waals surface area contributed by atoms with Crippen LogP contribution in [0.25, 0.3) is 0 Å². The van der Waals surface area contributed by atoms with E-state index in [-0.39, 0.29) is 23.8 Å². The van der Waals surface area contributed by atoms with Crippen LogP contribution in [0.2, 0.25) is 0 Å². The summed E-state index contributed by atoms with van der Waals surface area (Å²) in [7, 11) is 1.65. The van der Waals surface area contributed by atoms with Crippen molar-refractivity contribution < 1.29 is 39.1 Å². The molecule has 3 heterocycles. The van der Waals surface area contributed by atoms with Gasteiger partial charge in [0.05, 0.1) is 19.1 Å². The summed E-state index contributed by atoms with van der Waals surface area (Å²) >= 11 is 0. The maximum atomic E-state index is 11.0. The fourth-order valence-electron chi connectivity index (χ4n) is 5.25. The number of hydrogen-bond donors (Lipinski definition) is 3. The number of aliphatic hydroxyl groups is 1. The minimum Gasteiger partial charge on any atom is -0.499 e. The van der Waals surface area contributed by atoms with E-state index in [0.717, 1.165) is 43.9 Å². The Balaban J connectivity index is 0.000000234. The Kier molecular flexibility index (Phi) is 5.87. The molecule has 1 aliphatic carbocycles. The van der Waals surface area contributed by atoms with Crippen molar-refractivity contribution in [3.63, 3.8) is 0 Å². The fraction of sp³-hybridized carbons (Fsp3) is 0.478. The van der Waals surface area contributed by atoms with Crippen molar-refractivity contribution in [2.24, 2.45) is 0 Å². The Hall–Kier alpha value is -3.04. The molecule has 3 aliphatic heterocycles. The summed E-state index contributed by atoms with van der Waals surface area (Å²) in [6.07, 6.45) is 4.28. The van der Waals surface area contributed by atoms with Crippen molar-refractivity contribution in [2.45, 2.75) is 43.2 Å². The second-order valence-corrected chi connectivity index (χ2v) is 8.39. The van der Waals surface area contributed by atoms with Crippen LogP contribution in [0.5, 0.6) is 11.5 Å². The van der Waals surface area contributed by atoms with Crippen LogP contribution < -0.4 is 9.47 Å². The molecule has 5 rings (SSSR count). The molecule has 0 saturated carbocycles. The largest absolute Gasteiger partial charge is 0.499 e. The molecule has 9 heteroatoms. The lowest BCUT2D eigenvalue weighted by Crippen LogP contribution is -2.46. The predicted octanol–water partition coefficient (Wildman–Crippen LogP) is 1.90. The average Bonchev–Trinajstić information content (AvgIpc) is 3.41. The van der Waals surface area contributed by atoms with Crippen LogP contribution in [0.3, 0.4) is 0 Å². The van der Waals surface area contributed by atoms with Gasteiger partial charge in [0.1, 0.15) is 11.9 Å². The number of carboxylic acids is 2.